The topological polar surface area (TPSA) is 49.1 Å². The zero-order valence-electron chi connectivity index (χ0n) is 12.8. The van der Waals surface area contributed by atoms with Crippen LogP contribution in [0.3, 0.4) is 0 Å². The predicted molar refractivity (Wildman–Crippen MR) is 95.7 cm³/mol. The quantitative estimate of drug-likeness (QED) is 0.584. The van der Waals surface area contributed by atoms with E-state index in [2.05, 4.69) is 24.2 Å². The van der Waals surface area contributed by atoms with Gasteiger partial charge in [0.05, 0.1) is 5.69 Å². The summed E-state index contributed by atoms with van der Waals surface area (Å²) in [5.41, 5.74) is 10.7. The Morgan fingerprint density at radius 2 is 1.70 bits per heavy atom. The summed E-state index contributed by atoms with van der Waals surface area (Å²) in [5, 5.41) is 4.58. The first-order chi connectivity index (χ1) is 11.3. The lowest BCUT2D eigenvalue weighted by Gasteiger charge is -2.01. The second-order valence-electron chi connectivity index (χ2n) is 5.17. The molecule has 23 heavy (non-hydrogen) atoms. The van der Waals surface area contributed by atoms with Gasteiger partial charge in [-0.15, -0.1) is 11.3 Å². The number of thiazole rings is 1. The van der Waals surface area contributed by atoms with Crippen LogP contribution in [0, 0.1) is 12.5 Å². The molecule has 0 bridgehead atoms. The lowest BCUT2D eigenvalue weighted by molar-refractivity contribution is 0.797. The van der Waals surface area contributed by atoms with E-state index in [1.807, 2.05) is 60.7 Å². The smallest absolute Gasteiger partial charge is 0.140 e. The van der Waals surface area contributed by atoms with Crippen molar-refractivity contribution in [1.82, 2.24) is 4.98 Å². The van der Waals surface area contributed by atoms with Crippen LogP contribution in [0.15, 0.2) is 71.9 Å². The third-order valence-corrected chi connectivity index (χ3v) is 4.56. The summed E-state index contributed by atoms with van der Waals surface area (Å²) in [6.45, 7) is 2.06. The molecule has 0 radical (unpaired) electrons. The number of aryl methyl sites for hydroxylation is 1. The van der Waals surface area contributed by atoms with Gasteiger partial charge in [0, 0.05) is 10.4 Å². The summed E-state index contributed by atoms with van der Waals surface area (Å²) in [5.74, 6) is 0. The van der Waals surface area contributed by atoms with Crippen LogP contribution < -0.4 is 0 Å². The Hall–Kier alpha value is -2.59. The average Bonchev–Trinajstić information content (AvgIpc) is 2.99. The van der Waals surface area contributed by atoms with E-state index in [-0.39, 0.29) is 6.04 Å². The van der Waals surface area contributed by atoms with Crippen molar-refractivity contribution < 1.29 is 0 Å². The third kappa shape index (κ3) is 3.60. The summed E-state index contributed by atoms with van der Waals surface area (Å²) in [6, 6.07) is 19.8. The van der Waals surface area contributed by atoms with Crippen LogP contribution in [0.2, 0.25) is 0 Å². The minimum atomic E-state index is -0.337. The molecule has 0 aliphatic carbocycles. The molecule has 2 aromatic carbocycles. The fourth-order valence-corrected chi connectivity index (χ4v) is 3.32. The van der Waals surface area contributed by atoms with Gasteiger partial charge < -0.3 is 0 Å². The molecule has 0 amide bonds. The molecule has 3 nitrogen and oxygen atoms in total. The average molecular weight is 319 g/mol. The second kappa shape index (κ2) is 7.11. The predicted octanol–water partition coefficient (Wildman–Crippen LogP) is 5.90. The van der Waals surface area contributed by atoms with E-state index in [0.29, 0.717) is 0 Å². The molecule has 0 fully saturated rings. The number of aromatic nitrogens is 1. The van der Waals surface area contributed by atoms with Crippen molar-refractivity contribution in [2.75, 3.05) is 0 Å². The zero-order valence-corrected chi connectivity index (χ0v) is 13.6. The fourth-order valence-electron chi connectivity index (χ4n) is 2.35. The fraction of sp³-hybridized carbons (Fsp3) is 0.105. The van der Waals surface area contributed by atoms with Crippen LogP contribution >= 0.6 is 11.3 Å². The van der Waals surface area contributed by atoms with Crippen molar-refractivity contribution in [3.8, 4) is 11.3 Å². The van der Waals surface area contributed by atoms with E-state index in [0.717, 1.165) is 26.7 Å². The Balaban J connectivity index is 1.88. The lowest BCUT2D eigenvalue weighted by atomic mass is 10.1. The van der Waals surface area contributed by atoms with Crippen LogP contribution in [0.25, 0.3) is 17.3 Å². The second-order valence-corrected chi connectivity index (χ2v) is 6.40. The molecule has 0 spiro atoms. The Kier molecular flexibility index (Phi) is 4.74. The molecule has 1 unspecified atom stereocenters. The summed E-state index contributed by atoms with van der Waals surface area (Å²) < 4.78 is 0. The first kappa shape index (κ1) is 15.3. The van der Waals surface area contributed by atoms with Crippen molar-refractivity contribution in [2.45, 2.75) is 13.0 Å². The van der Waals surface area contributed by atoms with Gasteiger partial charge in [0.25, 0.3) is 0 Å². The minimum Gasteiger partial charge on any atom is -0.238 e. The molecule has 0 aliphatic heterocycles. The molecule has 114 valence electrons. The molecule has 0 saturated carbocycles. The highest BCUT2D eigenvalue weighted by atomic mass is 32.1. The number of hydrogen-bond acceptors (Lipinski definition) is 4. The molecular weight excluding hydrogens is 302 g/mol. The van der Waals surface area contributed by atoms with Crippen LogP contribution in [0.1, 0.15) is 21.5 Å². The van der Waals surface area contributed by atoms with Gasteiger partial charge in [-0.1, -0.05) is 72.8 Å². The van der Waals surface area contributed by atoms with Crippen LogP contribution in [-0.2, 0) is 0 Å². The number of nitrogens with one attached hydrogen (secondary N) is 1. The third-order valence-electron chi connectivity index (χ3n) is 3.52. The normalized spacial score (nSPS) is 12.4. The standard InChI is InChI=1S/C19H17N3S/c1-14-18(16-10-6-3-7-11-16)21-19(23-14)17(22-20)13-12-15-8-4-2-5-9-15/h2-13,17,20H,1H3. The molecule has 1 aromatic heterocycles. The maximum atomic E-state index is 7.49. The Morgan fingerprint density at radius 1 is 1.04 bits per heavy atom. The molecule has 0 saturated heterocycles. The monoisotopic (exact) mass is 319 g/mol. The van der Waals surface area contributed by atoms with Crippen molar-refractivity contribution >= 4 is 17.4 Å². The summed E-state index contributed by atoms with van der Waals surface area (Å²) in [6.07, 6.45) is 3.91. The van der Waals surface area contributed by atoms with E-state index in [1.54, 1.807) is 11.3 Å². The van der Waals surface area contributed by atoms with Crippen molar-refractivity contribution in [1.29, 1.82) is 5.53 Å². The van der Waals surface area contributed by atoms with Gasteiger partial charge in [0.1, 0.15) is 11.0 Å². The first-order valence-corrected chi connectivity index (χ1v) is 8.22. The highest BCUT2D eigenvalue weighted by Gasteiger charge is 2.15. The highest BCUT2D eigenvalue weighted by molar-refractivity contribution is 7.12. The summed E-state index contributed by atoms with van der Waals surface area (Å²) in [7, 11) is 0. The van der Waals surface area contributed by atoms with Crippen LogP contribution in [0.5, 0.6) is 0 Å². The van der Waals surface area contributed by atoms with Gasteiger partial charge in [-0.3, -0.25) is 0 Å². The maximum Gasteiger partial charge on any atom is 0.140 e. The molecule has 3 rings (SSSR count). The van der Waals surface area contributed by atoms with Gasteiger partial charge in [-0.2, -0.15) is 5.11 Å². The van der Waals surface area contributed by atoms with Crippen molar-refractivity contribution in [2.24, 2.45) is 5.11 Å². The van der Waals surface area contributed by atoms with Gasteiger partial charge in [0.2, 0.25) is 0 Å². The summed E-state index contributed by atoms with van der Waals surface area (Å²) in [4.78, 5) is 5.86. The molecule has 3 aromatic rings. The van der Waals surface area contributed by atoms with Gasteiger partial charge in [0.15, 0.2) is 0 Å². The Labute approximate surface area is 139 Å². The van der Waals surface area contributed by atoms with Crippen molar-refractivity contribution in [3.63, 3.8) is 0 Å². The molecular formula is C19H17N3S. The highest BCUT2D eigenvalue weighted by Crippen LogP contribution is 2.32. The summed E-state index contributed by atoms with van der Waals surface area (Å²) >= 11 is 1.60. The number of rotatable bonds is 5. The molecule has 1 N–H and O–H groups in total. The lowest BCUT2D eigenvalue weighted by Crippen LogP contribution is -1.90. The van der Waals surface area contributed by atoms with E-state index < -0.39 is 0 Å². The minimum absolute atomic E-state index is 0.337. The Morgan fingerprint density at radius 3 is 2.35 bits per heavy atom. The SMILES string of the molecule is Cc1sc(C(C=Cc2ccccc2)N=N)nc1-c1ccccc1. The number of benzene rings is 2. The largest absolute Gasteiger partial charge is 0.238 e. The van der Waals surface area contributed by atoms with Gasteiger partial charge in [-0.25, -0.2) is 10.5 Å². The molecule has 4 heteroatoms. The first-order valence-electron chi connectivity index (χ1n) is 7.40. The Bertz CT molecular complexity index is 807. The van der Waals surface area contributed by atoms with E-state index in [9.17, 15) is 0 Å². The molecule has 0 aliphatic rings. The van der Waals surface area contributed by atoms with E-state index >= 15 is 0 Å². The van der Waals surface area contributed by atoms with E-state index in [4.69, 9.17) is 10.5 Å². The van der Waals surface area contributed by atoms with Gasteiger partial charge in [-0.05, 0) is 12.5 Å². The van der Waals surface area contributed by atoms with E-state index in [1.165, 1.54) is 0 Å². The van der Waals surface area contributed by atoms with Gasteiger partial charge >= 0.3 is 0 Å². The number of nitrogens with zero attached hydrogens (tertiary/aromatic N) is 2. The van der Waals surface area contributed by atoms with Crippen molar-refractivity contribution in [3.05, 3.63) is 82.2 Å². The maximum absolute atomic E-state index is 7.49. The zero-order chi connectivity index (χ0) is 16.1. The number of hydrogen-bond donors (Lipinski definition) is 1. The molecule has 1 heterocycles. The molecule has 1 atom stereocenters. The van der Waals surface area contributed by atoms with Crippen LogP contribution in [-0.4, -0.2) is 4.98 Å². The van der Waals surface area contributed by atoms with Crippen LogP contribution in [0.4, 0.5) is 0 Å².